The fraction of sp³-hybridized carbons (Fsp3) is 0.231. The molecule has 0 aliphatic heterocycles. The van der Waals surface area contributed by atoms with Crippen LogP contribution in [0.1, 0.15) is 11.1 Å². The van der Waals surface area contributed by atoms with Crippen LogP contribution in [0.2, 0.25) is 0 Å². The molecule has 0 fully saturated rings. The SMILES string of the molecule is CSCc1ccc(NCc2cc[nH]c2)cc1. The predicted octanol–water partition coefficient (Wildman–Crippen LogP) is 3.49. The first-order valence-corrected chi connectivity index (χ1v) is 6.71. The highest BCUT2D eigenvalue weighted by molar-refractivity contribution is 7.97. The van der Waals surface area contributed by atoms with Crippen LogP contribution in [0.4, 0.5) is 5.69 Å². The van der Waals surface area contributed by atoms with Crippen molar-refractivity contribution >= 4 is 17.4 Å². The van der Waals surface area contributed by atoms with Gasteiger partial charge in [-0.05, 0) is 35.6 Å². The van der Waals surface area contributed by atoms with E-state index in [1.165, 1.54) is 16.8 Å². The average molecular weight is 232 g/mol. The summed E-state index contributed by atoms with van der Waals surface area (Å²) in [4.78, 5) is 3.05. The van der Waals surface area contributed by atoms with Gasteiger partial charge in [0.15, 0.2) is 0 Å². The fourth-order valence-corrected chi connectivity index (χ4v) is 2.08. The van der Waals surface area contributed by atoms with E-state index in [0.717, 1.165) is 12.3 Å². The van der Waals surface area contributed by atoms with Crippen molar-refractivity contribution in [2.75, 3.05) is 11.6 Å². The maximum atomic E-state index is 3.39. The Bertz CT molecular complexity index is 406. The zero-order valence-electron chi connectivity index (χ0n) is 9.36. The van der Waals surface area contributed by atoms with Gasteiger partial charge >= 0.3 is 0 Å². The highest BCUT2D eigenvalue weighted by Gasteiger charge is 1.95. The first-order chi connectivity index (χ1) is 7.88. The topological polar surface area (TPSA) is 27.8 Å². The van der Waals surface area contributed by atoms with E-state index in [9.17, 15) is 0 Å². The van der Waals surface area contributed by atoms with Gasteiger partial charge in [0.2, 0.25) is 0 Å². The molecule has 2 nitrogen and oxygen atoms in total. The number of thioether (sulfide) groups is 1. The van der Waals surface area contributed by atoms with E-state index >= 15 is 0 Å². The summed E-state index contributed by atoms with van der Waals surface area (Å²) in [6.45, 7) is 0.866. The Labute approximate surface area is 100 Å². The fourth-order valence-electron chi connectivity index (χ4n) is 1.56. The Balaban J connectivity index is 1.90. The van der Waals surface area contributed by atoms with E-state index in [1.54, 1.807) is 0 Å². The first-order valence-electron chi connectivity index (χ1n) is 5.32. The molecular weight excluding hydrogens is 216 g/mol. The Kier molecular flexibility index (Phi) is 3.94. The zero-order valence-corrected chi connectivity index (χ0v) is 10.2. The number of hydrogen-bond donors (Lipinski definition) is 2. The van der Waals surface area contributed by atoms with Crippen LogP contribution >= 0.6 is 11.8 Å². The van der Waals surface area contributed by atoms with E-state index in [2.05, 4.69) is 46.9 Å². The van der Waals surface area contributed by atoms with Gasteiger partial charge in [-0.25, -0.2) is 0 Å². The number of aromatic amines is 1. The van der Waals surface area contributed by atoms with Crippen molar-refractivity contribution < 1.29 is 0 Å². The Morgan fingerprint density at radius 2 is 1.94 bits per heavy atom. The van der Waals surface area contributed by atoms with Crippen LogP contribution in [0.3, 0.4) is 0 Å². The van der Waals surface area contributed by atoms with E-state index in [0.29, 0.717) is 0 Å². The van der Waals surface area contributed by atoms with Crippen LogP contribution in [0.15, 0.2) is 42.7 Å². The Hall–Kier alpha value is -1.35. The van der Waals surface area contributed by atoms with E-state index < -0.39 is 0 Å². The number of H-pyrrole nitrogens is 1. The second kappa shape index (κ2) is 5.66. The van der Waals surface area contributed by atoms with E-state index in [-0.39, 0.29) is 0 Å². The lowest BCUT2D eigenvalue weighted by atomic mass is 10.2. The van der Waals surface area contributed by atoms with Gasteiger partial charge < -0.3 is 10.3 Å². The van der Waals surface area contributed by atoms with Gasteiger partial charge in [0, 0.05) is 30.4 Å². The van der Waals surface area contributed by atoms with Crippen LogP contribution in [0.25, 0.3) is 0 Å². The molecule has 0 aliphatic carbocycles. The molecule has 2 rings (SSSR count). The summed E-state index contributed by atoms with van der Waals surface area (Å²) in [7, 11) is 0. The molecule has 2 aromatic rings. The maximum Gasteiger partial charge on any atom is 0.0415 e. The van der Waals surface area contributed by atoms with Crippen LogP contribution in [0.5, 0.6) is 0 Å². The maximum absolute atomic E-state index is 3.39. The van der Waals surface area contributed by atoms with Crippen molar-refractivity contribution in [1.82, 2.24) is 4.98 Å². The molecule has 0 amide bonds. The quantitative estimate of drug-likeness (QED) is 0.826. The van der Waals surface area contributed by atoms with E-state index in [1.807, 2.05) is 24.2 Å². The van der Waals surface area contributed by atoms with Gasteiger partial charge in [-0.2, -0.15) is 11.8 Å². The summed E-state index contributed by atoms with van der Waals surface area (Å²) in [6, 6.07) is 10.7. The highest BCUT2D eigenvalue weighted by atomic mass is 32.2. The van der Waals surface area contributed by atoms with Crippen LogP contribution < -0.4 is 5.32 Å². The Morgan fingerprint density at radius 1 is 1.12 bits per heavy atom. The third kappa shape index (κ3) is 3.07. The molecule has 2 N–H and O–H groups in total. The Morgan fingerprint density at radius 3 is 2.56 bits per heavy atom. The predicted molar refractivity (Wildman–Crippen MR) is 71.8 cm³/mol. The van der Waals surface area contributed by atoms with Gasteiger partial charge in [-0.1, -0.05) is 12.1 Å². The second-order valence-corrected chi connectivity index (χ2v) is 4.57. The molecule has 3 heteroatoms. The number of benzene rings is 1. The van der Waals surface area contributed by atoms with Crippen molar-refractivity contribution in [2.24, 2.45) is 0 Å². The van der Waals surface area contributed by atoms with Gasteiger partial charge in [0.1, 0.15) is 0 Å². The number of aromatic nitrogens is 1. The molecule has 0 aliphatic rings. The standard InChI is InChI=1S/C13H16N2S/c1-16-10-11-2-4-13(5-3-11)15-9-12-6-7-14-8-12/h2-8,14-15H,9-10H2,1H3. The van der Waals surface area contributed by atoms with Crippen LogP contribution in [-0.4, -0.2) is 11.2 Å². The van der Waals surface area contributed by atoms with Gasteiger partial charge in [0.25, 0.3) is 0 Å². The third-order valence-electron chi connectivity index (χ3n) is 2.42. The minimum absolute atomic E-state index is 0.866. The van der Waals surface area contributed by atoms with Crippen molar-refractivity contribution in [3.8, 4) is 0 Å². The normalized spacial score (nSPS) is 10.3. The summed E-state index contributed by atoms with van der Waals surface area (Å²) in [5, 5.41) is 3.39. The molecule has 0 unspecified atom stereocenters. The minimum atomic E-state index is 0.866. The summed E-state index contributed by atoms with van der Waals surface area (Å²) >= 11 is 1.85. The minimum Gasteiger partial charge on any atom is -0.381 e. The highest BCUT2D eigenvalue weighted by Crippen LogP contribution is 2.14. The summed E-state index contributed by atoms with van der Waals surface area (Å²) in [5.41, 5.74) is 3.82. The van der Waals surface area contributed by atoms with Crippen molar-refractivity contribution in [2.45, 2.75) is 12.3 Å². The lowest BCUT2D eigenvalue weighted by molar-refractivity contribution is 1.15. The van der Waals surface area contributed by atoms with Gasteiger partial charge in [0.05, 0.1) is 0 Å². The van der Waals surface area contributed by atoms with Crippen molar-refractivity contribution in [1.29, 1.82) is 0 Å². The monoisotopic (exact) mass is 232 g/mol. The molecule has 84 valence electrons. The molecule has 1 aromatic carbocycles. The van der Waals surface area contributed by atoms with E-state index in [4.69, 9.17) is 0 Å². The number of rotatable bonds is 5. The van der Waals surface area contributed by atoms with Crippen molar-refractivity contribution in [3.63, 3.8) is 0 Å². The number of anilines is 1. The molecule has 0 bridgehead atoms. The first kappa shape index (κ1) is 11.1. The van der Waals surface area contributed by atoms with Crippen LogP contribution in [0, 0.1) is 0 Å². The van der Waals surface area contributed by atoms with Gasteiger partial charge in [-0.15, -0.1) is 0 Å². The third-order valence-corrected chi connectivity index (χ3v) is 3.05. The number of nitrogens with one attached hydrogen (secondary N) is 2. The van der Waals surface area contributed by atoms with Gasteiger partial charge in [-0.3, -0.25) is 0 Å². The molecule has 16 heavy (non-hydrogen) atoms. The summed E-state index contributed by atoms with van der Waals surface area (Å²) in [5.74, 6) is 1.08. The molecule has 0 saturated carbocycles. The second-order valence-electron chi connectivity index (χ2n) is 3.70. The summed E-state index contributed by atoms with van der Waals surface area (Å²) in [6.07, 6.45) is 6.08. The zero-order chi connectivity index (χ0) is 11.2. The number of hydrogen-bond acceptors (Lipinski definition) is 2. The van der Waals surface area contributed by atoms with Crippen LogP contribution in [-0.2, 0) is 12.3 Å². The van der Waals surface area contributed by atoms with Crippen molar-refractivity contribution in [3.05, 3.63) is 53.9 Å². The lowest BCUT2D eigenvalue weighted by Gasteiger charge is -2.06. The molecular formula is C13H16N2S. The average Bonchev–Trinajstić information content (AvgIpc) is 2.82. The smallest absolute Gasteiger partial charge is 0.0415 e. The molecule has 1 heterocycles. The molecule has 0 atom stereocenters. The lowest BCUT2D eigenvalue weighted by Crippen LogP contribution is -1.97. The molecule has 0 spiro atoms. The molecule has 0 saturated heterocycles. The molecule has 1 aromatic heterocycles. The molecule has 0 radical (unpaired) electrons. The summed E-state index contributed by atoms with van der Waals surface area (Å²) < 4.78 is 0. The largest absolute Gasteiger partial charge is 0.381 e.